The minimum absolute atomic E-state index is 0.0932. The molecule has 0 aliphatic carbocycles. The molecule has 7 nitrogen and oxygen atoms in total. The van der Waals surface area contributed by atoms with Crippen molar-refractivity contribution in [3.8, 4) is 11.5 Å². The van der Waals surface area contributed by atoms with E-state index in [9.17, 15) is 10.1 Å². The Morgan fingerprint density at radius 1 is 1.12 bits per heavy atom. The van der Waals surface area contributed by atoms with Crippen molar-refractivity contribution in [1.82, 2.24) is 0 Å². The lowest BCUT2D eigenvalue weighted by molar-refractivity contribution is -0.384. The van der Waals surface area contributed by atoms with Gasteiger partial charge < -0.3 is 20.1 Å². The topological polar surface area (TPSA) is 85.7 Å². The number of nitrogens with one attached hydrogen (secondary N) is 2. The van der Waals surface area contributed by atoms with Gasteiger partial charge in [0.2, 0.25) is 0 Å². The van der Waals surface area contributed by atoms with Gasteiger partial charge in [0.1, 0.15) is 0 Å². The molecular formula is C15H14ClN3O4S. The van der Waals surface area contributed by atoms with Crippen molar-refractivity contribution in [3.05, 3.63) is 51.5 Å². The molecule has 0 radical (unpaired) electrons. The maximum Gasteiger partial charge on any atom is 0.271 e. The van der Waals surface area contributed by atoms with E-state index >= 15 is 0 Å². The molecule has 2 aromatic rings. The second kappa shape index (κ2) is 7.80. The van der Waals surface area contributed by atoms with E-state index in [4.69, 9.17) is 33.3 Å². The molecule has 2 N–H and O–H groups in total. The number of halogens is 1. The van der Waals surface area contributed by atoms with Gasteiger partial charge in [-0.05, 0) is 30.4 Å². The van der Waals surface area contributed by atoms with Crippen LogP contribution in [0.3, 0.4) is 0 Å². The van der Waals surface area contributed by atoms with Crippen LogP contribution in [-0.2, 0) is 0 Å². The number of methoxy groups -OCH3 is 2. The van der Waals surface area contributed by atoms with E-state index < -0.39 is 4.92 Å². The molecule has 0 unspecified atom stereocenters. The van der Waals surface area contributed by atoms with Crippen molar-refractivity contribution in [3.63, 3.8) is 0 Å². The summed E-state index contributed by atoms with van der Waals surface area (Å²) < 4.78 is 10.4. The van der Waals surface area contributed by atoms with Gasteiger partial charge in [0.25, 0.3) is 5.69 Å². The minimum atomic E-state index is -0.518. The Morgan fingerprint density at radius 2 is 1.83 bits per heavy atom. The molecule has 0 bridgehead atoms. The van der Waals surface area contributed by atoms with Crippen molar-refractivity contribution < 1.29 is 14.4 Å². The molecule has 0 fully saturated rings. The zero-order valence-electron chi connectivity index (χ0n) is 12.8. The summed E-state index contributed by atoms with van der Waals surface area (Å²) in [6.07, 6.45) is 0. The van der Waals surface area contributed by atoms with Crippen molar-refractivity contribution >= 4 is 46.0 Å². The first kappa shape index (κ1) is 17.8. The van der Waals surface area contributed by atoms with Gasteiger partial charge in [-0.2, -0.15) is 0 Å². The molecule has 2 rings (SSSR count). The van der Waals surface area contributed by atoms with Crippen LogP contribution in [-0.4, -0.2) is 24.3 Å². The molecule has 0 aliphatic rings. The third-order valence-corrected chi connectivity index (χ3v) is 3.57. The Balaban J connectivity index is 2.10. The molecule has 9 heteroatoms. The summed E-state index contributed by atoms with van der Waals surface area (Å²) in [5, 5.41) is 17.0. The summed E-state index contributed by atoms with van der Waals surface area (Å²) in [4.78, 5) is 10.2. The first-order valence-electron chi connectivity index (χ1n) is 6.68. The first-order valence-corrected chi connectivity index (χ1v) is 7.47. The summed E-state index contributed by atoms with van der Waals surface area (Å²) in [5.41, 5.74) is 1.05. The summed E-state index contributed by atoms with van der Waals surface area (Å²) in [6.45, 7) is 0. The molecule has 0 atom stereocenters. The number of nitrogens with zero attached hydrogens (tertiary/aromatic N) is 1. The van der Waals surface area contributed by atoms with Crippen LogP contribution in [0.2, 0.25) is 5.02 Å². The van der Waals surface area contributed by atoms with Crippen molar-refractivity contribution in [2.75, 3.05) is 24.9 Å². The van der Waals surface area contributed by atoms with Crippen LogP contribution >= 0.6 is 23.8 Å². The van der Waals surface area contributed by atoms with E-state index in [1.165, 1.54) is 25.3 Å². The Bertz CT molecular complexity index is 785. The van der Waals surface area contributed by atoms with Gasteiger partial charge in [-0.15, -0.1) is 0 Å². The van der Waals surface area contributed by atoms with Crippen LogP contribution in [0.4, 0.5) is 17.1 Å². The van der Waals surface area contributed by atoms with E-state index in [0.29, 0.717) is 22.9 Å². The van der Waals surface area contributed by atoms with Crippen LogP contribution in [0.5, 0.6) is 11.5 Å². The Labute approximate surface area is 148 Å². The second-order valence-electron chi connectivity index (χ2n) is 4.57. The third-order valence-electron chi connectivity index (χ3n) is 3.05. The molecule has 0 heterocycles. The number of hydrogen-bond acceptors (Lipinski definition) is 5. The second-order valence-corrected chi connectivity index (χ2v) is 5.39. The fourth-order valence-corrected chi connectivity index (χ4v) is 2.37. The Hall–Kier alpha value is -2.58. The lowest BCUT2D eigenvalue weighted by atomic mass is 10.2. The van der Waals surface area contributed by atoms with Gasteiger partial charge in [0, 0.05) is 23.9 Å². The van der Waals surface area contributed by atoms with Gasteiger partial charge in [0.15, 0.2) is 16.6 Å². The standard InChI is InChI=1S/C15H14ClN3O4S/c1-22-13-6-3-9(7-14(13)23-2)17-15(24)18-12-5-4-10(19(20)21)8-11(12)16/h3-8H,1-2H3,(H2,17,18,24). The van der Waals surface area contributed by atoms with Gasteiger partial charge in [-0.3, -0.25) is 10.1 Å². The highest BCUT2D eigenvalue weighted by molar-refractivity contribution is 7.80. The lowest BCUT2D eigenvalue weighted by Gasteiger charge is -2.13. The minimum Gasteiger partial charge on any atom is -0.493 e. The smallest absolute Gasteiger partial charge is 0.271 e. The number of rotatable bonds is 5. The molecule has 24 heavy (non-hydrogen) atoms. The van der Waals surface area contributed by atoms with Crippen molar-refractivity contribution in [2.24, 2.45) is 0 Å². The predicted molar refractivity (Wildman–Crippen MR) is 97.5 cm³/mol. The number of ether oxygens (including phenoxy) is 2. The number of nitro benzene ring substituents is 1. The van der Waals surface area contributed by atoms with E-state index in [2.05, 4.69) is 10.6 Å². The van der Waals surface area contributed by atoms with Gasteiger partial charge in [0.05, 0.1) is 29.9 Å². The molecule has 126 valence electrons. The maximum absolute atomic E-state index is 10.7. The zero-order chi connectivity index (χ0) is 17.7. The third kappa shape index (κ3) is 4.24. The number of benzene rings is 2. The average Bonchev–Trinajstić information content (AvgIpc) is 2.56. The summed E-state index contributed by atoms with van der Waals surface area (Å²) in [7, 11) is 3.09. The Kier molecular flexibility index (Phi) is 5.78. The zero-order valence-corrected chi connectivity index (χ0v) is 14.4. The Morgan fingerprint density at radius 3 is 2.42 bits per heavy atom. The normalized spacial score (nSPS) is 9.96. The van der Waals surface area contributed by atoms with Gasteiger partial charge in [-0.1, -0.05) is 11.6 Å². The van der Waals surface area contributed by atoms with Gasteiger partial charge >= 0.3 is 0 Å². The average molecular weight is 368 g/mol. The SMILES string of the molecule is COc1ccc(NC(=S)Nc2ccc([N+](=O)[O-])cc2Cl)cc1OC. The summed E-state index contributed by atoms with van der Waals surface area (Å²) in [6, 6.07) is 9.32. The molecule has 0 spiro atoms. The highest BCUT2D eigenvalue weighted by Gasteiger charge is 2.11. The summed E-state index contributed by atoms with van der Waals surface area (Å²) in [5.74, 6) is 1.15. The number of anilines is 2. The molecule has 0 aromatic heterocycles. The van der Waals surface area contributed by atoms with Crippen LogP contribution in [0.15, 0.2) is 36.4 Å². The molecular weight excluding hydrogens is 354 g/mol. The van der Waals surface area contributed by atoms with E-state index in [1.807, 2.05) is 0 Å². The van der Waals surface area contributed by atoms with E-state index in [1.54, 1.807) is 25.3 Å². The highest BCUT2D eigenvalue weighted by atomic mass is 35.5. The fraction of sp³-hybridized carbons (Fsp3) is 0.133. The molecule has 0 amide bonds. The monoisotopic (exact) mass is 367 g/mol. The van der Waals surface area contributed by atoms with Crippen LogP contribution in [0.1, 0.15) is 0 Å². The molecule has 0 aliphatic heterocycles. The van der Waals surface area contributed by atoms with Crippen LogP contribution in [0, 0.1) is 10.1 Å². The molecule has 0 saturated heterocycles. The lowest BCUT2D eigenvalue weighted by Crippen LogP contribution is -2.19. The number of non-ortho nitro benzene ring substituents is 1. The van der Waals surface area contributed by atoms with E-state index in [0.717, 1.165) is 0 Å². The predicted octanol–water partition coefficient (Wildman–Crippen LogP) is 4.07. The quantitative estimate of drug-likeness (QED) is 0.468. The largest absolute Gasteiger partial charge is 0.493 e. The number of nitro groups is 1. The first-order chi connectivity index (χ1) is 11.4. The van der Waals surface area contributed by atoms with E-state index in [-0.39, 0.29) is 15.8 Å². The maximum atomic E-state index is 10.7. The number of thiocarbonyl (C=S) groups is 1. The fourth-order valence-electron chi connectivity index (χ4n) is 1.92. The molecule has 2 aromatic carbocycles. The van der Waals surface area contributed by atoms with Crippen LogP contribution in [0.25, 0.3) is 0 Å². The number of hydrogen-bond donors (Lipinski definition) is 2. The molecule has 0 saturated carbocycles. The highest BCUT2D eigenvalue weighted by Crippen LogP contribution is 2.30. The summed E-state index contributed by atoms with van der Waals surface area (Å²) >= 11 is 11.2. The van der Waals surface area contributed by atoms with Crippen molar-refractivity contribution in [1.29, 1.82) is 0 Å². The van der Waals surface area contributed by atoms with Crippen molar-refractivity contribution in [2.45, 2.75) is 0 Å². The van der Waals surface area contributed by atoms with Crippen LogP contribution < -0.4 is 20.1 Å². The van der Waals surface area contributed by atoms with Gasteiger partial charge in [-0.25, -0.2) is 0 Å².